The molecule has 22 heavy (non-hydrogen) atoms. The summed E-state index contributed by atoms with van der Waals surface area (Å²) in [6.07, 6.45) is 0.574. The first-order valence-corrected chi connectivity index (χ1v) is 7.09. The summed E-state index contributed by atoms with van der Waals surface area (Å²) in [7, 11) is 0. The normalized spacial score (nSPS) is 11.5. The SMILES string of the molecule is CCc1nc(N)c(C(=O)OC(C)(C)C)n1-c1ccc(F)cc1. The quantitative estimate of drug-likeness (QED) is 0.885. The fraction of sp³-hybridized carbons (Fsp3) is 0.375. The molecule has 2 rings (SSSR count). The van der Waals surface area contributed by atoms with Gasteiger partial charge in [0.15, 0.2) is 11.5 Å². The minimum absolute atomic E-state index is 0.107. The number of halogens is 1. The van der Waals surface area contributed by atoms with Gasteiger partial charge in [0.2, 0.25) is 0 Å². The summed E-state index contributed by atoms with van der Waals surface area (Å²) in [4.78, 5) is 16.7. The molecule has 0 aliphatic heterocycles. The first-order valence-electron chi connectivity index (χ1n) is 7.09. The summed E-state index contributed by atoms with van der Waals surface area (Å²) in [6, 6.07) is 5.79. The van der Waals surface area contributed by atoms with Crippen LogP contribution in [0.25, 0.3) is 5.69 Å². The maximum absolute atomic E-state index is 13.1. The van der Waals surface area contributed by atoms with Gasteiger partial charge in [-0.3, -0.25) is 4.57 Å². The molecule has 0 amide bonds. The zero-order valence-electron chi connectivity index (χ0n) is 13.2. The first-order chi connectivity index (χ1) is 10.2. The molecule has 6 heteroatoms. The maximum atomic E-state index is 13.1. The van der Waals surface area contributed by atoms with Gasteiger partial charge in [0.05, 0.1) is 0 Å². The molecule has 0 bridgehead atoms. The minimum Gasteiger partial charge on any atom is -0.455 e. The highest BCUT2D eigenvalue weighted by Crippen LogP contribution is 2.24. The van der Waals surface area contributed by atoms with Crippen LogP contribution in [0.15, 0.2) is 24.3 Å². The van der Waals surface area contributed by atoms with Gasteiger partial charge in [0, 0.05) is 12.1 Å². The minimum atomic E-state index is -0.645. The number of esters is 1. The van der Waals surface area contributed by atoms with E-state index in [1.165, 1.54) is 12.1 Å². The van der Waals surface area contributed by atoms with Gasteiger partial charge < -0.3 is 10.5 Å². The number of aromatic nitrogens is 2. The fourth-order valence-electron chi connectivity index (χ4n) is 2.11. The Hall–Kier alpha value is -2.37. The van der Waals surface area contributed by atoms with Gasteiger partial charge in [0.1, 0.15) is 17.2 Å². The van der Waals surface area contributed by atoms with E-state index < -0.39 is 11.6 Å². The average molecular weight is 305 g/mol. The van der Waals surface area contributed by atoms with Crippen molar-refractivity contribution in [2.45, 2.75) is 39.7 Å². The van der Waals surface area contributed by atoms with Crippen molar-refractivity contribution < 1.29 is 13.9 Å². The second-order valence-corrected chi connectivity index (χ2v) is 5.93. The number of rotatable bonds is 3. The number of carbonyl (C=O) groups excluding carboxylic acids is 1. The van der Waals surface area contributed by atoms with Gasteiger partial charge in [-0.05, 0) is 45.0 Å². The summed E-state index contributed by atoms with van der Waals surface area (Å²) < 4.78 is 20.1. The average Bonchev–Trinajstić information content (AvgIpc) is 2.74. The van der Waals surface area contributed by atoms with Crippen LogP contribution in [0.3, 0.4) is 0 Å². The first kappa shape index (κ1) is 16.0. The van der Waals surface area contributed by atoms with Crippen LogP contribution >= 0.6 is 0 Å². The van der Waals surface area contributed by atoms with Crippen molar-refractivity contribution in [3.8, 4) is 5.69 Å². The predicted molar refractivity (Wildman–Crippen MR) is 82.5 cm³/mol. The number of hydrogen-bond acceptors (Lipinski definition) is 4. The number of anilines is 1. The Bertz CT molecular complexity index is 685. The van der Waals surface area contributed by atoms with E-state index in [1.807, 2.05) is 6.92 Å². The molecule has 2 aromatic rings. The van der Waals surface area contributed by atoms with Crippen LogP contribution in [0, 0.1) is 5.82 Å². The molecule has 0 unspecified atom stereocenters. The Labute approximate surface area is 128 Å². The number of ether oxygens (including phenoxy) is 1. The molecule has 0 aliphatic carbocycles. The Morgan fingerprint density at radius 2 is 1.91 bits per heavy atom. The maximum Gasteiger partial charge on any atom is 0.359 e. The second kappa shape index (κ2) is 5.79. The lowest BCUT2D eigenvalue weighted by molar-refractivity contribution is 0.00616. The second-order valence-electron chi connectivity index (χ2n) is 5.93. The molecule has 1 heterocycles. The standard InChI is InChI=1S/C16H20FN3O2/c1-5-12-19-14(18)13(15(21)22-16(2,3)4)20(12)11-8-6-10(17)7-9-11/h6-9H,5,18H2,1-4H3. The van der Waals surface area contributed by atoms with E-state index in [9.17, 15) is 9.18 Å². The number of hydrogen-bond donors (Lipinski definition) is 1. The van der Waals surface area contributed by atoms with Gasteiger partial charge in [-0.1, -0.05) is 6.92 Å². The van der Waals surface area contributed by atoms with E-state index in [0.717, 1.165) is 0 Å². The van der Waals surface area contributed by atoms with Crippen molar-refractivity contribution in [3.63, 3.8) is 0 Å². The molecule has 0 saturated carbocycles. The summed E-state index contributed by atoms with van der Waals surface area (Å²) in [5.41, 5.74) is 6.03. The third-order valence-electron chi connectivity index (χ3n) is 2.97. The molecule has 2 N–H and O–H groups in total. The van der Waals surface area contributed by atoms with E-state index in [4.69, 9.17) is 10.5 Å². The lowest BCUT2D eigenvalue weighted by Gasteiger charge is -2.20. The summed E-state index contributed by atoms with van der Waals surface area (Å²) in [5, 5.41) is 0. The summed E-state index contributed by atoms with van der Waals surface area (Å²) in [5.74, 6) is -0.185. The van der Waals surface area contributed by atoms with Crippen LogP contribution < -0.4 is 5.73 Å². The fourth-order valence-corrected chi connectivity index (χ4v) is 2.11. The topological polar surface area (TPSA) is 70.1 Å². The molecule has 1 aromatic carbocycles. The molecule has 0 saturated heterocycles. The zero-order valence-corrected chi connectivity index (χ0v) is 13.2. The third-order valence-corrected chi connectivity index (χ3v) is 2.97. The predicted octanol–water partition coefficient (Wildman–Crippen LogP) is 3.11. The van der Waals surface area contributed by atoms with E-state index in [2.05, 4.69) is 4.98 Å². The van der Waals surface area contributed by atoms with Crippen molar-refractivity contribution in [3.05, 3.63) is 41.6 Å². The van der Waals surface area contributed by atoms with Crippen LogP contribution in [0.5, 0.6) is 0 Å². The summed E-state index contributed by atoms with van der Waals surface area (Å²) in [6.45, 7) is 7.24. The number of aryl methyl sites for hydroxylation is 1. The molecule has 0 spiro atoms. The monoisotopic (exact) mass is 305 g/mol. The van der Waals surface area contributed by atoms with Crippen LogP contribution in [-0.4, -0.2) is 21.1 Å². The lowest BCUT2D eigenvalue weighted by Crippen LogP contribution is -2.26. The lowest BCUT2D eigenvalue weighted by atomic mass is 10.2. The smallest absolute Gasteiger partial charge is 0.359 e. The molecule has 0 atom stereocenters. The Morgan fingerprint density at radius 3 is 2.41 bits per heavy atom. The molecular formula is C16H20FN3O2. The number of nitrogen functional groups attached to an aromatic ring is 1. The Balaban J connectivity index is 2.56. The van der Waals surface area contributed by atoms with E-state index >= 15 is 0 Å². The third kappa shape index (κ3) is 3.27. The molecule has 1 aromatic heterocycles. The number of carbonyl (C=O) groups is 1. The van der Waals surface area contributed by atoms with Gasteiger partial charge >= 0.3 is 5.97 Å². The molecule has 0 fully saturated rings. The van der Waals surface area contributed by atoms with Crippen LogP contribution in [-0.2, 0) is 11.2 Å². The molecule has 118 valence electrons. The van der Waals surface area contributed by atoms with Gasteiger partial charge in [-0.2, -0.15) is 0 Å². The molecular weight excluding hydrogens is 285 g/mol. The van der Waals surface area contributed by atoms with Gasteiger partial charge in [-0.25, -0.2) is 14.2 Å². The Morgan fingerprint density at radius 1 is 1.32 bits per heavy atom. The largest absolute Gasteiger partial charge is 0.455 e. The highest BCUT2D eigenvalue weighted by Gasteiger charge is 2.26. The molecule has 5 nitrogen and oxygen atoms in total. The highest BCUT2D eigenvalue weighted by atomic mass is 19.1. The molecule has 0 radical (unpaired) electrons. The number of nitrogens with two attached hydrogens (primary N) is 1. The van der Waals surface area contributed by atoms with E-state index in [-0.39, 0.29) is 17.3 Å². The van der Waals surface area contributed by atoms with Crippen molar-refractivity contribution in [2.24, 2.45) is 0 Å². The van der Waals surface area contributed by atoms with Crippen LogP contribution in [0.2, 0.25) is 0 Å². The van der Waals surface area contributed by atoms with Crippen LogP contribution in [0.1, 0.15) is 44.0 Å². The zero-order chi connectivity index (χ0) is 16.5. The number of imidazole rings is 1. The van der Waals surface area contributed by atoms with Gasteiger partial charge in [0.25, 0.3) is 0 Å². The highest BCUT2D eigenvalue weighted by molar-refractivity contribution is 5.93. The number of benzene rings is 1. The number of nitrogens with zero attached hydrogens (tertiary/aromatic N) is 2. The summed E-state index contributed by atoms with van der Waals surface area (Å²) >= 11 is 0. The van der Waals surface area contributed by atoms with E-state index in [0.29, 0.717) is 17.9 Å². The van der Waals surface area contributed by atoms with E-state index in [1.54, 1.807) is 37.5 Å². The molecule has 0 aliphatic rings. The Kier molecular flexibility index (Phi) is 4.21. The van der Waals surface area contributed by atoms with Crippen molar-refractivity contribution in [1.82, 2.24) is 9.55 Å². The van der Waals surface area contributed by atoms with Crippen molar-refractivity contribution in [2.75, 3.05) is 5.73 Å². The van der Waals surface area contributed by atoms with Crippen molar-refractivity contribution >= 4 is 11.8 Å². The van der Waals surface area contributed by atoms with Crippen molar-refractivity contribution in [1.29, 1.82) is 0 Å². The van der Waals surface area contributed by atoms with Crippen LogP contribution in [0.4, 0.5) is 10.2 Å². The van der Waals surface area contributed by atoms with Gasteiger partial charge in [-0.15, -0.1) is 0 Å².